The van der Waals surface area contributed by atoms with Crippen LogP contribution in [-0.4, -0.2) is 43.2 Å². The van der Waals surface area contributed by atoms with Crippen molar-refractivity contribution in [2.75, 3.05) is 20.1 Å². The van der Waals surface area contributed by atoms with Gasteiger partial charge >= 0.3 is 0 Å². The summed E-state index contributed by atoms with van der Waals surface area (Å²) in [6.45, 7) is 9.23. The van der Waals surface area contributed by atoms with Crippen LogP contribution in [0.3, 0.4) is 0 Å². The molecule has 0 heterocycles. The third kappa shape index (κ3) is 5.36. The molecule has 0 atom stereocenters. The van der Waals surface area contributed by atoms with Crippen molar-refractivity contribution >= 4 is 10.2 Å². The van der Waals surface area contributed by atoms with E-state index < -0.39 is 10.2 Å². The largest absolute Gasteiger partial charge is 0.281 e. The summed E-state index contributed by atoms with van der Waals surface area (Å²) in [4.78, 5) is 0. The Labute approximate surface area is 107 Å². The summed E-state index contributed by atoms with van der Waals surface area (Å²) in [7, 11) is -1.62. The zero-order valence-corrected chi connectivity index (χ0v) is 12.8. The van der Waals surface area contributed by atoms with Gasteiger partial charge in [0.1, 0.15) is 0 Å². The third-order valence-corrected chi connectivity index (χ3v) is 5.11. The van der Waals surface area contributed by atoms with Gasteiger partial charge in [0.15, 0.2) is 0 Å². The highest BCUT2D eigenvalue weighted by Gasteiger charge is 2.27. The van der Waals surface area contributed by atoms with Crippen molar-refractivity contribution in [1.29, 1.82) is 0 Å². The second-order valence-electron chi connectivity index (χ2n) is 4.72. The predicted molar refractivity (Wildman–Crippen MR) is 73.2 cm³/mol. The molecule has 0 amide bonds. The van der Waals surface area contributed by atoms with Crippen molar-refractivity contribution in [3.8, 4) is 0 Å². The summed E-state index contributed by atoms with van der Waals surface area (Å²) in [5, 5.41) is 0. The second kappa shape index (κ2) is 8.06. The number of hydrogen-bond acceptors (Lipinski definition) is 2. The fraction of sp³-hybridized carbons (Fsp3) is 1.00. The van der Waals surface area contributed by atoms with E-state index in [4.69, 9.17) is 0 Å². The Kier molecular flexibility index (Phi) is 8.00. The fourth-order valence-corrected chi connectivity index (χ4v) is 3.08. The first-order valence-corrected chi connectivity index (χ1v) is 8.00. The van der Waals surface area contributed by atoms with Crippen molar-refractivity contribution in [2.24, 2.45) is 0 Å². The van der Waals surface area contributed by atoms with Crippen molar-refractivity contribution < 1.29 is 8.42 Å². The summed E-state index contributed by atoms with van der Waals surface area (Å²) < 4.78 is 27.8. The molecule has 17 heavy (non-hydrogen) atoms. The highest BCUT2D eigenvalue weighted by Crippen LogP contribution is 2.12. The maximum absolute atomic E-state index is 12.3. The molecule has 4 nitrogen and oxygen atoms in total. The molecule has 0 aliphatic rings. The SMILES string of the molecule is CCCCN(CCCC)S(=O)(=O)N(C)C(C)C. The van der Waals surface area contributed by atoms with E-state index in [-0.39, 0.29) is 6.04 Å². The van der Waals surface area contributed by atoms with Gasteiger partial charge in [-0.1, -0.05) is 26.7 Å². The molecule has 0 rings (SSSR count). The fourth-order valence-electron chi connectivity index (χ4n) is 1.46. The van der Waals surface area contributed by atoms with Gasteiger partial charge < -0.3 is 0 Å². The van der Waals surface area contributed by atoms with Gasteiger partial charge in [0.25, 0.3) is 10.2 Å². The second-order valence-corrected chi connectivity index (χ2v) is 6.71. The van der Waals surface area contributed by atoms with Crippen LogP contribution in [0, 0.1) is 0 Å². The lowest BCUT2D eigenvalue weighted by atomic mass is 10.3. The molecule has 0 saturated heterocycles. The number of unbranched alkanes of at least 4 members (excludes halogenated alkanes) is 2. The monoisotopic (exact) mass is 264 g/mol. The van der Waals surface area contributed by atoms with E-state index in [0.29, 0.717) is 13.1 Å². The number of hydrogen-bond donors (Lipinski definition) is 0. The maximum atomic E-state index is 12.3. The highest BCUT2D eigenvalue weighted by molar-refractivity contribution is 7.86. The topological polar surface area (TPSA) is 40.6 Å². The van der Waals surface area contributed by atoms with E-state index >= 15 is 0 Å². The van der Waals surface area contributed by atoms with Gasteiger partial charge in [-0.15, -0.1) is 0 Å². The molecule has 0 saturated carbocycles. The standard InChI is InChI=1S/C12H28N2O2S/c1-6-8-10-14(11-9-7-2)17(15,16)13(5)12(3)4/h12H,6-11H2,1-5H3. The lowest BCUT2D eigenvalue weighted by molar-refractivity contribution is 0.328. The Morgan fingerprint density at radius 1 is 1.00 bits per heavy atom. The molecule has 0 fully saturated rings. The number of nitrogens with zero attached hydrogens (tertiary/aromatic N) is 2. The number of rotatable bonds is 9. The minimum absolute atomic E-state index is 0.00533. The van der Waals surface area contributed by atoms with Crippen LogP contribution in [0.15, 0.2) is 0 Å². The molecule has 0 radical (unpaired) electrons. The van der Waals surface area contributed by atoms with Gasteiger partial charge in [0.05, 0.1) is 0 Å². The van der Waals surface area contributed by atoms with Crippen LogP contribution in [0.1, 0.15) is 53.4 Å². The van der Waals surface area contributed by atoms with Gasteiger partial charge in [-0.05, 0) is 26.7 Å². The maximum Gasteiger partial charge on any atom is 0.281 e. The van der Waals surface area contributed by atoms with Crippen molar-refractivity contribution in [3.05, 3.63) is 0 Å². The normalized spacial score (nSPS) is 12.9. The van der Waals surface area contributed by atoms with E-state index in [1.807, 2.05) is 13.8 Å². The molecule has 0 aromatic rings. The Morgan fingerprint density at radius 3 is 1.71 bits per heavy atom. The lowest BCUT2D eigenvalue weighted by Gasteiger charge is -2.29. The predicted octanol–water partition coefficient (Wildman–Crippen LogP) is 2.47. The van der Waals surface area contributed by atoms with Crippen LogP contribution in [0.25, 0.3) is 0 Å². The summed E-state index contributed by atoms with van der Waals surface area (Å²) in [6, 6.07) is 0.00533. The summed E-state index contributed by atoms with van der Waals surface area (Å²) in [5.41, 5.74) is 0. The van der Waals surface area contributed by atoms with Crippen molar-refractivity contribution in [1.82, 2.24) is 8.61 Å². The lowest BCUT2D eigenvalue weighted by Crippen LogP contribution is -2.45. The first-order chi connectivity index (χ1) is 7.87. The van der Waals surface area contributed by atoms with Crippen LogP contribution in [-0.2, 0) is 10.2 Å². The molecule has 0 bridgehead atoms. The van der Waals surface area contributed by atoms with E-state index in [9.17, 15) is 8.42 Å². The molecule has 5 heteroatoms. The minimum atomic E-state index is -3.28. The third-order valence-electron chi connectivity index (χ3n) is 2.94. The van der Waals surface area contributed by atoms with Gasteiger partial charge in [-0.2, -0.15) is 17.0 Å². The van der Waals surface area contributed by atoms with E-state index in [1.54, 1.807) is 11.4 Å². The molecule has 0 aliphatic heterocycles. The van der Waals surface area contributed by atoms with Crippen LogP contribution < -0.4 is 0 Å². The first-order valence-electron chi connectivity index (χ1n) is 6.61. The smallest absolute Gasteiger partial charge is 0.195 e. The quantitative estimate of drug-likeness (QED) is 0.642. The molecule has 0 unspecified atom stereocenters. The van der Waals surface area contributed by atoms with Crippen LogP contribution in [0.5, 0.6) is 0 Å². The summed E-state index contributed by atoms with van der Waals surface area (Å²) in [5.74, 6) is 0. The Balaban J connectivity index is 4.75. The average Bonchev–Trinajstić information content (AvgIpc) is 2.27. The summed E-state index contributed by atoms with van der Waals surface area (Å²) in [6.07, 6.45) is 3.89. The molecule has 0 aliphatic carbocycles. The Hall–Kier alpha value is -0.130. The van der Waals surface area contributed by atoms with E-state index in [2.05, 4.69) is 13.8 Å². The van der Waals surface area contributed by atoms with Crippen molar-refractivity contribution in [2.45, 2.75) is 59.4 Å². The zero-order valence-electron chi connectivity index (χ0n) is 11.9. The van der Waals surface area contributed by atoms with Gasteiger partial charge in [-0.3, -0.25) is 0 Å². The Morgan fingerprint density at radius 2 is 1.41 bits per heavy atom. The molecule has 0 N–H and O–H groups in total. The molecular formula is C12H28N2O2S. The molecule has 0 aromatic carbocycles. The molecule has 104 valence electrons. The highest BCUT2D eigenvalue weighted by atomic mass is 32.2. The first kappa shape index (κ1) is 16.9. The van der Waals surface area contributed by atoms with E-state index in [0.717, 1.165) is 25.7 Å². The van der Waals surface area contributed by atoms with Gasteiger partial charge in [0.2, 0.25) is 0 Å². The van der Waals surface area contributed by atoms with Gasteiger partial charge in [-0.25, -0.2) is 0 Å². The Bertz CT molecular complexity index is 281. The molecule has 0 aromatic heterocycles. The van der Waals surface area contributed by atoms with Gasteiger partial charge in [0, 0.05) is 26.2 Å². The van der Waals surface area contributed by atoms with Crippen LogP contribution in [0.4, 0.5) is 0 Å². The van der Waals surface area contributed by atoms with Crippen LogP contribution >= 0.6 is 0 Å². The zero-order chi connectivity index (χ0) is 13.5. The minimum Gasteiger partial charge on any atom is -0.195 e. The van der Waals surface area contributed by atoms with E-state index in [1.165, 1.54) is 4.31 Å². The molecule has 0 spiro atoms. The van der Waals surface area contributed by atoms with Crippen molar-refractivity contribution in [3.63, 3.8) is 0 Å². The summed E-state index contributed by atoms with van der Waals surface area (Å²) >= 11 is 0. The van der Waals surface area contributed by atoms with Crippen LogP contribution in [0.2, 0.25) is 0 Å². The average molecular weight is 264 g/mol. The molecular weight excluding hydrogens is 236 g/mol.